The number of likely N-dealkylation sites (N-methyl/N-ethyl adjacent to an activating group) is 1. The van der Waals surface area contributed by atoms with Crippen molar-refractivity contribution in [2.75, 3.05) is 32.1 Å². The fourth-order valence-electron chi connectivity index (χ4n) is 2.49. The van der Waals surface area contributed by atoms with Crippen molar-refractivity contribution >= 4 is 5.82 Å². The van der Waals surface area contributed by atoms with Gasteiger partial charge in [-0.3, -0.25) is 4.90 Å². The topological polar surface area (TPSA) is 50.3 Å². The van der Waals surface area contributed by atoms with Crippen molar-refractivity contribution in [2.45, 2.75) is 32.4 Å². The minimum atomic E-state index is 0.529. The summed E-state index contributed by atoms with van der Waals surface area (Å²) in [6.45, 7) is 6.06. The molecule has 0 amide bonds. The first-order valence-corrected chi connectivity index (χ1v) is 6.61. The second-order valence-corrected chi connectivity index (χ2v) is 4.63. The largest absolute Gasteiger partial charge is 0.378 e. The molecule has 1 aliphatic heterocycles. The standard InChI is InChI=1S/C13H22N4O/c1-3-17-6-4-5-12(17)8-14-13-7-11(9-18-2)15-10-16-13/h7,10,12H,3-6,8-9H2,1-2H3,(H,14,15,16)/t12-/m0/s1. The molecule has 0 spiro atoms. The van der Waals surface area contributed by atoms with Crippen LogP contribution < -0.4 is 5.32 Å². The molecule has 0 aromatic carbocycles. The highest BCUT2D eigenvalue weighted by molar-refractivity contribution is 5.34. The molecule has 1 N–H and O–H groups in total. The number of ether oxygens (including phenoxy) is 1. The van der Waals surface area contributed by atoms with E-state index in [1.54, 1.807) is 13.4 Å². The van der Waals surface area contributed by atoms with Gasteiger partial charge in [0.05, 0.1) is 12.3 Å². The Morgan fingerprint density at radius 3 is 3.17 bits per heavy atom. The van der Waals surface area contributed by atoms with E-state index in [1.165, 1.54) is 19.4 Å². The molecule has 1 saturated heterocycles. The van der Waals surface area contributed by atoms with Crippen molar-refractivity contribution in [2.24, 2.45) is 0 Å². The van der Waals surface area contributed by atoms with Crippen molar-refractivity contribution in [1.82, 2.24) is 14.9 Å². The van der Waals surface area contributed by atoms with E-state index in [0.717, 1.165) is 24.6 Å². The molecule has 0 aliphatic carbocycles. The number of aromatic nitrogens is 2. The molecule has 0 saturated carbocycles. The normalized spacial score (nSPS) is 20.2. The smallest absolute Gasteiger partial charge is 0.129 e. The highest BCUT2D eigenvalue weighted by Crippen LogP contribution is 2.17. The van der Waals surface area contributed by atoms with Crippen molar-refractivity contribution < 1.29 is 4.74 Å². The van der Waals surface area contributed by atoms with E-state index in [9.17, 15) is 0 Å². The highest BCUT2D eigenvalue weighted by Gasteiger charge is 2.22. The zero-order valence-corrected chi connectivity index (χ0v) is 11.2. The molecule has 2 heterocycles. The number of nitrogens with zero attached hydrogens (tertiary/aromatic N) is 3. The highest BCUT2D eigenvalue weighted by atomic mass is 16.5. The summed E-state index contributed by atoms with van der Waals surface area (Å²) in [7, 11) is 1.67. The van der Waals surface area contributed by atoms with Crippen molar-refractivity contribution in [1.29, 1.82) is 0 Å². The van der Waals surface area contributed by atoms with Gasteiger partial charge in [0, 0.05) is 25.8 Å². The first-order chi connectivity index (χ1) is 8.83. The maximum atomic E-state index is 5.07. The summed E-state index contributed by atoms with van der Waals surface area (Å²) in [5.74, 6) is 0.889. The number of methoxy groups -OCH3 is 1. The van der Waals surface area contributed by atoms with E-state index in [-0.39, 0.29) is 0 Å². The van der Waals surface area contributed by atoms with Crippen LogP contribution in [0.1, 0.15) is 25.5 Å². The predicted octanol–water partition coefficient (Wildman–Crippen LogP) is 1.52. The van der Waals surface area contributed by atoms with Crippen LogP contribution in [0.3, 0.4) is 0 Å². The van der Waals surface area contributed by atoms with Crippen molar-refractivity contribution in [3.05, 3.63) is 18.1 Å². The predicted molar refractivity (Wildman–Crippen MR) is 71.5 cm³/mol. The summed E-state index contributed by atoms with van der Waals surface area (Å²) in [6.07, 6.45) is 4.17. The van der Waals surface area contributed by atoms with Gasteiger partial charge in [-0.25, -0.2) is 9.97 Å². The van der Waals surface area contributed by atoms with Crippen LogP contribution in [0, 0.1) is 0 Å². The second kappa shape index (κ2) is 6.66. The van der Waals surface area contributed by atoms with Gasteiger partial charge in [-0.2, -0.15) is 0 Å². The molecule has 1 aromatic heterocycles. The number of rotatable bonds is 6. The van der Waals surface area contributed by atoms with Crippen LogP contribution in [-0.4, -0.2) is 47.7 Å². The monoisotopic (exact) mass is 250 g/mol. The lowest BCUT2D eigenvalue weighted by Gasteiger charge is -2.23. The maximum absolute atomic E-state index is 5.07. The second-order valence-electron chi connectivity index (χ2n) is 4.63. The fraction of sp³-hybridized carbons (Fsp3) is 0.692. The zero-order chi connectivity index (χ0) is 12.8. The van der Waals surface area contributed by atoms with E-state index < -0.39 is 0 Å². The van der Waals surface area contributed by atoms with Gasteiger partial charge in [-0.05, 0) is 25.9 Å². The van der Waals surface area contributed by atoms with Crippen LogP contribution in [0.15, 0.2) is 12.4 Å². The van der Waals surface area contributed by atoms with Crippen LogP contribution in [0.5, 0.6) is 0 Å². The molecule has 1 aromatic rings. The number of anilines is 1. The van der Waals surface area contributed by atoms with Crippen molar-refractivity contribution in [3.63, 3.8) is 0 Å². The molecule has 0 unspecified atom stereocenters. The van der Waals surface area contributed by atoms with Crippen LogP contribution in [0.2, 0.25) is 0 Å². The Balaban J connectivity index is 1.87. The van der Waals surface area contributed by atoms with Gasteiger partial charge < -0.3 is 10.1 Å². The molecular weight excluding hydrogens is 228 g/mol. The minimum absolute atomic E-state index is 0.529. The lowest BCUT2D eigenvalue weighted by Crippen LogP contribution is -2.34. The summed E-state index contributed by atoms with van der Waals surface area (Å²) in [5.41, 5.74) is 0.911. The quantitative estimate of drug-likeness (QED) is 0.829. The van der Waals surface area contributed by atoms with Crippen LogP contribution in [0.25, 0.3) is 0 Å². The molecule has 5 heteroatoms. The minimum Gasteiger partial charge on any atom is -0.378 e. The van der Waals surface area contributed by atoms with Gasteiger partial charge in [0.25, 0.3) is 0 Å². The number of hydrogen-bond donors (Lipinski definition) is 1. The van der Waals surface area contributed by atoms with Gasteiger partial charge in [-0.15, -0.1) is 0 Å². The average molecular weight is 250 g/mol. The van der Waals surface area contributed by atoms with Gasteiger partial charge in [0.1, 0.15) is 12.1 Å². The first-order valence-electron chi connectivity index (χ1n) is 6.61. The van der Waals surface area contributed by atoms with Crippen LogP contribution >= 0.6 is 0 Å². The molecular formula is C13H22N4O. The molecule has 0 bridgehead atoms. The summed E-state index contributed by atoms with van der Waals surface area (Å²) in [5, 5.41) is 3.40. The van der Waals surface area contributed by atoms with Gasteiger partial charge in [0.15, 0.2) is 0 Å². The Bertz CT molecular complexity index is 372. The van der Waals surface area contributed by atoms with E-state index in [2.05, 4.69) is 27.1 Å². The lowest BCUT2D eigenvalue weighted by molar-refractivity contribution is 0.181. The Kier molecular flexibility index (Phi) is 4.90. The third kappa shape index (κ3) is 3.40. The van der Waals surface area contributed by atoms with Crippen LogP contribution in [-0.2, 0) is 11.3 Å². The molecule has 2 rings (SSSR count). The Labute approximate surface area is 109 Å². The number of nitrogens with one attached hydrogen (secondary N) is 1. The average Bonchev–Trinajstić information content (AvgIpc) is 2.84. The van der Waals surface area contributed by atoms with Crippen molar-refractivity contribution in [3.8, 4) is 0 Å². The molecule has 1 atom stereocenters. The summed E-state index contributed by atoms with van der Waals surface area (Å²) in [6, 6.07) is 2.59. The third-order valence-corrected chi connectivity index (χ3v) is 3.44. The number of hydrogen-bond acceptors (Lipinski definition) is 5. The molecule has 100 valence electrons. The Morgan fingerprint density at radius 2 is 2.39 bits per heavy atom. The van der Waals surface area contributed by atoms with Gasteiger partial charge in [-0.1, -0.05) is 6.92 Å². The summed E-state index contributed by atoms with van der Waals surface area (Å²) in [4.78, 5) is 10.9. The van der Waals surface area contributed by atoms with E-state index in [4.69, 9.17) is 4.74 Å². The van der Waals surface area contributed by atoms with E-state index >= 15 is 0 Å². The SMILES string of the molecule is CCN1CCC[C@H]1CNc1cc(COC)ncn1. The molecule has 18 heavy (non-hydrogen) atoms. The first kappa shape index (κ1) is 13.2. The molecule has 1 aliphatic rings. The van der Waals surface area contributed by atoms with Gasteiger partial charge >= 0.3 is 0 Å². The molecule has 0 radical (unpaired) electrons. The van der Waals surface area contributed by atoms with E-state index in [1.807, 2.05) is 6.07 Å². The molecule has 5 nitrogen and oxygen atoms in total. The summed E-state index contributed by atoms with van der Waals surface area (Å²) < 4.78 is 5.07. The zero-order valence-electron chi connectivity index (χ0n) is 11.2. The molecule has 1 fully saturated rings. The van der Waals surface area contributed by atoms with E-state index in [0.29, 0.717) is 12.6 Å². The van der Waals surface area contributed by atoms with Gasteiger partial charge in [0.2, 0.25) is 0 Å². The summed E-state index contributed by atoms with van der Waals surface area (Å²) >= 11 is 0. The number of likely N-dealkylation sites (tertiary alicyclic amines) is 1. The lowest BCUT2D eigenvalue weighted by atomic mass is 10.2. The Morgan fingerprint density at radius 1 is 1.50 bits per heavy atom. The van der Waals surface area contributed by atoms with Crippen LogP contribution in [0.4, 0.5) is 5.82 Å². The fourth-order valence-corrected chi connectivity index (χ4v) is 2.49. The third-order valence-electron chi connectivity index (χ3n) is 3.44. The maximum Gasteiger partial charge on any atom is 0.129 e. The Hall–Kier alpha value is -1.20.